The third-order valence-corrected chi connectivity index (χ3v) is 1.92. The van der Waals surface area contributed by atoms with E-state index in [0.717, 1.165) is 0 Å². The number of aliphatic hydroxyl groups is 6. The highest BCUT2D eigenvalue weighted by Gasteiger charge is 2.32. The average molecular weight is 224 g/mol. The molecule has 0 aromatic carbocycles. The van der Waals surface area contributed by atoms with Crippen LogP contribution in [0.15, 0.2) is 0 Å². The molecule has 0 heterocycles. The maximum atomic E-state index is 11.1. The number of carbonyl (C=O) groups is 1. The van der Waals surface area contributed by atoms with Crippen molar-refractivity contribution < 1.29 is 35.4 Å². The molecule has 0 fully saturated rings. The van der Waals surface area contributed by atoms with Gasteiger partial charge in [0.05, 0.1) is 12.7 Å². The fourth-order valence-corrected chi connectivity index (χ4v) is 0.944. The van der Waals surface area contributed by atoms with Gasteiger partial charge in [-0.3, -0.25) is 4.79 Å². The summed E-state index contributed by atoms with van der Waals surface area (Å²) in [6, 6.07) is 0. The predicted octanol–water partition coefficient (Wildman–Crippen LogP) is -3.63. The first-order valence-electron chi connectivity index (χ1n) is 4.43. The number of hydrogen-bond acceptors (Lipinski definition) is 7. The van der Waals surface area contributed by atoms with Crippen molar-refractivity contribution in [3.63, 3.8) is 0 Å². The normalized spacial score (nSPS) is 19.3. The van der Waals surface area contributed by atoms with E-state index in [0.29, 0.717) is 0 Å². The predicted molar refractivity (Wildman–Crippen MR) is 47.8 cm³/mol. The first-order chi connectivity index (χ1) is 6.95. The minimum Gasteiger partial charge on any atom is -0.396 e. The maximum Gasteiger partial charge on any atom is 0.195 e. The zero-order valence-corrected chi connectivity index (χ0v) is 8.02. The van der Waals surface area contributed by atoms with Gasteiger partial charge < -0.3 is 30.6 Å². The van der Waals surface area contributed by atoms with E-state index in [4.69, 9.17) is 30.6 Å². The van der Waals surface area contributed by atoms with Crippen LogP contribution in [0.4, 0.5) is 0 Å². The van der Waals surface area contributed by atoms with Crippen molar-refractivity contribution in [1.29, 1.82) is 0 Å². The van der Waals surface area contributed by atoms with E-state index in [9.17, 15) is 4.79 Å². The van der Waals surface area contributed by atoms with Gasteiger partial charge >= 0.3 is 0 Å². The molecule has 0 bridgehead atoms. The van der Waals surface area contributed by atoms with Gasteiger partial charge in [0.15, 0.2) is 5.78 Å². The summed E-state index contributed by atoms with van der Waals surface area (Å²) >= 11 is 0. The molecule has 0 aliphatic carbocycles. The highest BCUT2D eigenvalue weighted by Crippen LogP contribution is 2.05. The van der Waals surface area contributed by atoms with Crippen LogP contribution >= 0.6 is 0 Å². The van der Waals surface area contributed by atoms with Gasteiger partial charge in [-0.25, -0.2) is 0 Å². The largest absolute Gasteiger partial charge is 0.396 e. The Morgan fingerprint density at radius 1 is 0.933 bits per heavy atom. The molecule has 0 aromatic rings. The van der Waals surface area contributed by atoms with Gasteiger partial charge in [0, 0.05) is 6.61 Å². The molecular weight excluding hydrogens is 208 g/mol. The lowest BCUT2D eigenvalue weighted by Crippen LogP contribution is -2.46. The van der Waals surface area contributed by atoms with Gasteiger partial charge in [0.1, 0.15) is 18.3 Å². The number of carbonyl (C=O) groups excluding carboxylic acids is 1. The second-order valence-corrected chi connectivity index (χ2v) is 3.12. The summed E-state index contributed by atoms with van der Waals surface area (Å²) in [5.74, 6) is -1.20. The molecule has 0 radical (unpaired) electrons. The van der Waals surface area contributed by atoms with E-state index in [1.165, 1.54) is 0 Å². The van der Waals surface area contributed by atoms with Crippen LogP contribution in [-0.2, 0) is 4.79 Å². The maximum absolute atomic E-state index is 11.1. The molecule has 7 nitrogen and oxygen atoms in total. The van der Waals surface area contributed by atoms with Crippen LogP contribution in [0.5, 0.6) is 0 Å². The van der Waals surface area contributed by atoms with Crippen LogP contribution in [0, 0.1) is 0 Å². The molecule has 0 unspecified atom stereocenters. The van der Waals surface area contributed by atoms with Crippen molar-refractivity contribution in [2.24, 2.45) is 0 Å². The smallest absolute Gasteiger partial charge is 0.195 e. The Kier molecular flexibility index (Phi) is 6.57. The van der Waals surface area contributed by atoms with E-state index in [-0.39, 0.29) is 6.42 Å². The van der Waals surface area contributed by atoms with Crippen molar-refractivity contribution in [3.05, 3.63) is 0 Å². The summed E-state index contributed by atoms with van der Waals surface area (Å²) in [7, 11) is 0. The Morgan fingerprint density at radius 2 is 1.40 bits per heavy atom. The molecule has 0 rings (SSSR count). The topological polar surface area (TPSA) is 138 Å². The third-order valence-electron chi connectivity index (χ3n) is 1.92. The Morgan fingerprint density at radius 3 is 1.80 bits per heavy atom. The fourth-order valence-electron chi connectivity index (χ4n) is 0.944. The first kappa shape index (κ1) is 14.4. The van der Waals surface area contributed by atoms with Crippen molar-refractivity contribution in [3.8, 4) is 0 Å². The lowest BCUT2D eigenvalue weighted by Gasteiger charge is -2.21. The monoisotopic (exact) mass is 224 g/mol. The van der Waals surface area contributed by atoms with E-state index >= 15 is 0 Å². The molecule has 7 heteroatoms. The molecule has 0 spiro atoms. The minimum atomic E-state index is -1.96. The zero-order valence-electron chi connectivity index (χ0n) is 8.02. The van der Waals surface area contributed by atoms with Crippen molar-refractivity contribution in [2.75, 3.05) is 13.2 Å². The van der Waals surface area contributed by atoms with E-state index in [1.54, 1.807) is 0 Å². The average Bonchev–Trinajstić information content (AvgIpc) is 2.25. The van der Waals surface area contributed by atoms with Crippen molar-refractivity contribution >= 4 is 5.78 Å². The molecule has 90 valence electrons. The van der Waals surface area contributed by atoms with E-state index in [2.05, 4.69) is 0 Å². The second kappa shape index (κ2) is 6.83. The summed E-state index contributed by atoms with van der Waals surface area (Å²) in [5, 5.41) is 53.1. The van der Waals surface area contributed by atoms with Crippen molar-refractivity contribution in [2.45, 2.75) is 30.8 Å². The summed E-state index contributed by atoms with van der Waals surface area (Å²) < 4.78 is 0. The number of ketones is 1. The van der Waals surface area contributed by atoms with Crippen LogP contribution in [0.25, 0.3) is 0 Å². The minimum absolute atomic E-state index is 0.227. The lowest BCUT2D eigenvalue weighted by molar-refractivity contribution is -0.149. The van der Waals surface area contributed by atoms with Gasteiger partial charge in [-0.2, -0.15) is 0 Å². The standard InChI is InChI=1S/C8H16O7/c9-2-1-4(11)6(13)8(15)7(14)5(12)3-10/h4-7,9-14H,1-3H2/t4-,5+,6+,7+/m1/s1. The SMILES string of the molecule is O=C([C@@H](O)[C@H](O)CCO)[C@@H](O)[C@@H](O)CO. The quantitative estimate of drug-likeness (QED) is 0.262. The van der Waals surface area contributed by atoms with Crippen LogP contribution in [0.1, 0.15) is 6.42 Å². The number of Topliss-reactive ketones (excluding diaryl/α,β-unsaturated/α-hetero) is 1. The Bertz CT molecular complexity index is 195. The summed E-state index contributed by atoms with van der Waals surface area (Å²) in [4.78, 5) is 11.1. The Labute approximate surface area is 86.2 Å². The van der Waals surface area contributed by atoms with Gasteiger partial charge in [0.25, 0.3) is 0 Å². The Hall–Kier alpha value is -0.570. The molecule has 0 aliphatic rings. The highest BCUT2D eigenvalue weighted by atomic mass is 16.4. The molecule has 15 heavy (non-hydrogen) atoms. The molecule has 0 saturated heterocycles. The van der Waals surface area contributed by atoms with E-state index < -0.39 is 43.4 Å². The lowest BCUT2D eigenvalue weighted by atomic mass is 10.00. The molecular formula is C8H16O7. The molecule has 0 saturated carbocycles. The van der Waals surface area contributed by atoms with Crippen LogP contribution < -0.4 is 0 Å². The van der Waals surface area contributed by atoms with Crippen LogP contribution in [-0.4, -0.2) is 74.1 Å². The number of aliphatic hydroxyl groups excluding tert-OH is 6. The van der Waals surface area contributed by atoms with Gasteiger partial charge in [0.2, 0.25) is 0 Å². The number of hydrogen-bond donors (Lipinski definition) is 6. The zero-order chi connectivity index (χ0) is 12.0. The first-order valence-corrected chi connectivity index (χ1v) is 4.43. The second-order valence-electron chi connectivity index (χ2n) is 3.12. The highest BCUT2D eigenvalue weighted by molar-refractivity contribution is 5.88. The Balaban J connectivity index is 4.30. The van der Waals surface area contributed by atoms with Gasteiger partial charge in [-0.05, 0) is 6.42 Å². The van der Waals surface area contributed by atoms with Crippen LogP contribution in [0.2, 0.25) is 0 Å². The van der Waals surface area contributed by atoms with E-state index in [1.807, 2.05) is 0 Å². The summed E-state index contributed by atoms with van der Waals surface area (Å²) in [6.45, 7) is -1.26. The molecule has 0 amide bonds. The molecule has 0 aromatic heterocycles. The fraction of sp³-hybridized carbons (Fsp3) is 0.875. The van der Waals surface area contributed by atoms with Gasteiger partial charge in [-0.1, -0.05) is 0 Å². The molecule has 6 N–H and O–H groups in total. The van der Waals surface area contributed by atoms with Crippen molar-refractivity contribution in [1.82, 2.24) is 0 Å². The molecule has 0 aliphatic heterocycles. The van der Waals surface area contributed by atoms with Gasteiger partial charge in [-0.15, -0.1) is 0 Å². The summed E-state index contributed by atoms with van der Waals surface area (Å²) in [6.07, 6.45) is -7.29. The third kappa shape index (κ3) is 4.20. The number of rotatable bonds is 7. The summed E-state index contributed by atoms with van der Waals surface area (Å²) in [5.41, 5.74) is 0. The van der Waals surface area contributed by atoms with Crippen LogP contribution in [0.3, 0.4) is 0 Å². The molecule has 4 atom stereocenters.